The number of nitrogens with one attached hydrogen (secondary N) is 2. The summed E-state index contributed by atoms with van der Waals surface area (Å²) in [5.74, 6) is 0.139. The Kier molecular flexibility index (Phi) is 15.4. The topological polar surface area (TPSA) is 114 Å². The number of imide groups is 1. The average Bonchev–Trinajstić information content (AvgIpc) is 3.51. The zero-order valence-electron chi connectivity index (χ0n) is 32.1. The fourth-order valence-electron chi connectivity index (χ4n) is 7.06. The summed E-state index contributed by atoms with van der Waals surface area (Å²) in [4.78, 5) is 43.4. The van der Waals surface area contributed by atoms with Crippen LogP contribution >= 0.6 is 0 Å². The van der Waals surface area contributed by atoms with Crippen molar-refractivity contribution < 1.29 is 24.2 Å². The zero-order chi connectivity index (χ0) is 39.0. The van der Waals surface area contributed by atoms with Gasteiger partial charge in [0, 0.05) is 63.5 Å². The molecule has 2 aromatic rings. The van der Waals surface area contributed by atoms with Crippen LogP contribution in [0.2, 0.25) is 0 Å². The summed E-state index contributed by atoms with van der Waals surface area (Å²) >= 11 is 0. The van der Waals surface area contributed by atoms with Crippen LogP contribution in [0.15, 0.2) is 122 Å². The van der Waals surface area contributed by atoms with Crippen molar-refractivity contribution in [3.63, 3.8) is 0 Å². The van der Waals surface area contributed by atoms with Crippen LogP contribution in [0.5, 0.6) is 5.75 Å². The van der Waals surface area contributed by atoms with Crippen molar-refractivity contribution in [1.29, 1.82) is 0 Å². The first kappa shape index (κ1) is 40.7. The predicted octanol–water partition coefficient (Wildman–Crippen LogP) is 6.77. The van der Waals surface area contributed by atoms with E-state index < -0.39 is 6.04 Å². The molecular weight excluding hydrogens is 691 g/mol. The minimum Gasteiger partial charge on any atom is -0.508 e. The number of phenolic OH excluding ortho intramolecular Hbond substituents is 1. The molecule has 0 radical (unpaired) electrons. The van der Waals surface area contributed by atoms with Gasteiger partial charge in [-0.25, -0.2) is 0 Å². The number of anilines is 1. The Balaban J connectivity index is 0.999. The summed E-state index contributed by atoms with van der Waals surface area (Å²) in [6.45, 7) is 17.6. The number of aromatic hydroxyl groups is 1. The molecule has 0 spiro atoms. The van der Waals surface area contributed by atoms with Gasteiger partial charge in [0.25, 0.3) is 5.91 Å². The van der Waals surface area contributed by atoms with Crippen LogP contribution in [0.3, 0.4) is 0 Å². The van der Waals surface area contributed by atoms with Crippen LogP contribution in [-0.2, 0) is 20.9 Å². The molecule has 1 unspecified atom stereocenters. The normalized spacial score (nSPS) is 18.9. The van der Waals surface area contributed by atoms with E-state index in [1.165, 1.54) is 5.57 Å². The van der Waals surface area contributed by atoms with Crippen molar-refractivity contribution in [2.45, 2.75) is 51.6 Å². The molecule has 55 heavy (non-hydrogen) atoms. The molecule has 1 atom stereocenters. The lowest BCUT2D eigenvalue weighted by Gasteiger charge is -2.34. The second kappa shape index (κ2) is 20.9. The number of allylic oxidation sites excluding steroid dienone is 11. The molecule has 3 amide bonds. The van der Waals surface area contributed by atoms with E-state index in [0.717, 1.165) is 93.2 Å². The largest absolute Gasteiger partial charge is 0.508 e. The number of fused-ring (bicyclic) bond motifs is 1. The summed E-state index contributed by atoms with van der Waals surface area (Å²) in [7, 11) is 0. The molecule has 3 N–H and O–H groups in total. The van der Waals surface area contributed by atoms with Crippen LogP contribution < -0.4 is 10.6 Å². The number of piperazine rings is 1. The molecule has 2 aromatic carbocycles. The third kappa shape index (κ3) is 11.8. The van der Waals surface area contributed by atoms with Gasteiger partial charge in [-0.2, -0.15) is 0 Å². The smallest absolute Gasteiger partial charge is 0.255 e. The molecule has 3 aliphatic heterocycles. The molecule has 3 aliphatic rings. The fourth-order valence-corrected chi connectivity index (χ4v) is 7.06. The SMILES string of the molecule is C=C\C=C/C=C/C(CC)=C(\C=C\C=C(/C=C)OCCN1CCN(CCCCNc2ccc3c(c2)CN(C2CCC(=O)NC2=O)C3=O)CC1)c1ccc(O)cc1. The van der Waals surface area contributed by atoms with E-state index in [4.69, 9.17) is 4.74 Å². The first-order valence-corrected chi connectivity index (χ1v) is 19.4. The highest BCUT2D eigenvalue weighted by Gasteiger charge is 2.39. The lowest BCUT2D eigenvalue weighted by Crippen LogP contribution is -2.52. The molecule has 10 nitrogen and oxygen atoms in total. The number of nitrogens with zero attached hydrogens (tertiary/aromatic N) is 3. The van der Waals surface area contributed by atoms with E-state index in [1.54, 1.807) is 29.2 Å². The maximum Gasteiger partial charge on any atom is 0.255 e. The first-order chi connectivity index (χ1) is 26.8. The minimum absolute atomic E-state index is 0.149. The Bertz CT molecular complexity index is 1830. The number of unbranched alkanes of at least 4 members (excludes halogenated alkanes) is 1. The molecule has 2 saturated heterocycles. The van der Waals surface area contributed by atoms with Crippen LogP contribution in [0.4, 0.5) is 5.69 Å². The Hall–Kier alpha value is -5.45. The maximum absolute atomic E-state index is 13.0. The van der Waals surface area contributed by atoms with Gasteiger partial charge in [-0.05, 0) is 97.0 Å². The van der Waals surface area contributed by atoms with Gasteiger partial charge < -0.3 is 25.0 Å². The van der Waals surface area contributed by atoms with E-state index in [2.05, 4.69) is 52.7 Å². The second-order valence-electron chi connectivity index (χ2n) is 13.9. The monoisotopic (exact) mass is 745 g/mol. The van der Waals surface area contributed by atoms with Crippen molar-refractivity contribution in [1.82, 2.24) is 20.0 Å². The second-order valence-corrected chi connectivity index (χ2v) is 13.9. The van der Waals surface area contributed by atoms with Crippen LogP contribution in [-0.4, -0.2) is 96.0 Å². The van der Waals surface area contributed by atoms with Crippen LogP contribution in [0.25, 0.3) is 5.57 Å². The molecule has 0 aliphatic carbocycles. The molecular formula is C45H55N5O5. The van der Waals surface area contributed by atoms with Crippen molar-refractivity contribution in [2.75, 3.05) is 57.7 Å². The van der Waals surface area contributed by atoms with Gasteiger partial charge in [-0.3, -0.25) is 24.6 Å². The molecule has 290 valence electrons. The van der Waals surface area contributed by atoms with E-state index >= 15 is 0 Å². The van der Waals surface area contributed by atoms with Gasteiger partial charge in [0.15, 0.2) is 0 Å². The summed E-state index contributed by atoms with van der Waals surface area (Å²) in [5, 5.41) is 15.7. The number of piperidine rings is 1. The van der Waals surface area contributed by atoms with Crippen molar-refractivity contribution in [3.8, 4) is 5.75 Å². The number of phenols is 1. The number of ether oxygens (including phenoxy) is 1. The highest BCUT2D eigenvalue weighted by Crippen LogP contribution is 2.30. The number of carbonyl (C=O) groups excluding carboxylic acids is 3. The molecule has 0 aromatic heterocycles. The maximum atomic E-state index is 13.0. The van der Waals surface area contributed by atoms with Gasteiger partial charge in [0.1, 0.15) is 24.2 Å². The van der Waals surface area contributed by atoms with Gasteiger partial charge in [-0.15, -0.1) is 0 Å². The van der Waals surface area contributed by atoms with Crippen molar-refractivity contribution in [2.24, 2.45) is 0 Å². The van der Waals surface area contributed by atoms with E-state index in [0.29, 0.717) is 25.1 Å². The lowest BCUT2D eigenvalue weighted by molar-refractivity contribution is -0.136. The number of benzene rings is 2. The summed E-state index contributed by atoms with van der Waals surface area (Å²) in [5.41, 5.74) is 5.76. The first-order valence-electron chi connectivity index (χ1n) is 19.4. The summed E-state index contributed by atoms with van der Waals surface area (Å²) < 4.78 is 6.10. The predicted molar refractivity (Wildman–Crippen MR) is 220 cm³/mol. The Morgan fingerprint density at radius 1 is 0.945 bits per heavy atom. The third-order valence-electron chi connectivity index (χ3n) is 10.2. The van der Waals surface area contributed by atoms with Gasteiger partial charge in [0.2, 0.25) is 11.8 Å². The lowest BCUT2D eigenvalue weighted by atomic mass is 9.97. The average molecular weight is 746 g/mol. The van der Waals surface area contributed by atoms with Crippen LogP contribution in [0.1, 0.15) is 60.5 Å². The Labute approximate surface area is 325 Å². The van der Waals surface area contributed by atoms with Gasteiger partial charge in [0.05, 0.1) is 0 Å². The zero-order valence-corrected chi connectivity index (χ0v) is 32.1. The highest BCUT2D eigenvalue weighted by atomic mass is 16.5. The Morgan fingerprint density at radius 3 is 2.42 bits per heavy atom. The number of rotatable bonds is 19. The standard InChI is InChI=1S/C45H55N5O5/c1-4-7-8-9-13-34(5-2)40(35-16-19-38(51)20-17-35)15-12-14-39(6-3)55-31-30-49-28-26-48(27-29-49)25-11-10-24-46-37-18-21-41-36(32-37)33-50(45(41)54)42-22-23-43(52)47-44(42)53/h4,6-9,12-21,32,42,46,51H,1,3,5,10-11,22-31,33H2,2H3,(H,47,52,53)/b8-7-,13-9+,15-12+,39-14+,40-34+. The molecule has 10 heteroatoms. The van der Waals surface area contributed by atoms with Gasteiger partial charge in [-0.1, -0.05) is 74.7 Å². The third-order valence-corrected chi connectivity index (χ3v) is 10.2. The summed E-state index contributed by atoms with van der Waals surface area (Å²) in [6, 6.07) is 12.4. The molecule has 3 heterocycles. The van der Waals surface area contributed by atoms with E-state index in [9.17, 15) is 19.5 Å². The van der Waals surface area contributed by atoms with Crippen molar-refractivity contribution >= 4 is 29.0 Å². The summed E-state index contributed by atoms with van der Waals surface area (Å²) in [6.07, 6.45) is 21.0. The fraction of sp³-hybridized carbons (Fsp3) is 0.356. The number of hydrogen-bond acceptors (Lipinski definition) is 8. The van der Waals surface area contributed by atoms with Gasteiger partial charge >= 0.3 is 0 Å². The minimum atomic E-state index is -0.598. The Morgan fingerprint density at radius 2 is 1.71 bits per heavy atom. The molecule has 0 saturated carbocycles. The number of hydrogen-bond donors (Lipinski definition) is 3. The van der Waals surface area contributed by atoms with E-state index in [-0.39, 0.29) is 29.9 Å². The van der Waals surface area contributed by atoms with Crippen molar-refractivity contribution in [3.05, 3.63) is 138 Å². The highest BCUT2D eigenvalue weighted by molar-refractivity contribution is 6.05. The molecule has 0 bridgehead atoms. The number of amides is 3. The quantitative estimate of drug-likeness (QED) is 0.0626. The molecule has 2 fully saturated rings. The molecule has 5 rings (SSSR count). The van der Waals surface area contributed by atoms with E-state index in [1.807, 2.05) is 60.7 Å². The van der Waals surface area contributed by atoms with Crippen LogP contribution in [0, 0.1) is 0 Å². The number of carbonyl (C=O) groups is 3.